The number of carbonyl (C=O) groups excluding carboxylic acids is 2. The predicted octanol–water partition coefficient (Wildman–Crippen LogP) is 3.87. The highest BCUT2D eigenvalue weighted by Gasteiger charge is 2.22. The van der Waals surface area contributed by atoms with Crippen LogP contribution < -0.4 is 16.4 Å². The normalized spacial score (nSPS) is 14.8. The van der Waals surface area contributed by atoms with Crippen LogP contribution in [0.3, 0.4) is 0 Å². The molecule has 2 aromatic carbocycles. The Balaban J connectivity index is 1.50. The minimum atomic E-state index is -0.472. The van der Waals surface area contributed by atoms with E-state index in [1.54, 1.807) is 30.5 Å². The zero-order chi connectivity index (χ0) is 21.1. The quantitative estimate of drug-likeness (QED) is 0.523. The number of pyridine rings is 1. The highest BCUT2D eigenvalue weighted by molar-refractivity contribution is 8.18. The largest absolute Gasteiger partial charge is 0.376 e. The molecule has 0 atom stereocenters. The molecule has 1 aliphatic rings. The molecule has 4 N–H and O–H groups in total. The van der Waals surface area contributed by atoms with Crippen molar-refractivity contribution in [1.82, 2.24) is 4.98 Å². The molecule has 1 aromatic heterocycles. The first-order chi connectivity index (χ1) is 14.5. The number of carbonyl (C=O) groups is 2. The Hall–Kier alpha value is -3.36. The summed E-state index contributed by atoms with van der Waals surface area (Å²) in [5.74, 6) is -0.798. The summed E-state index contributed by atoms with van der Waals surface area (Å²) in [5, 5.41) is 7.83. The summed E-state index contributed by atoms with van der Waals surface area (Å²) < 4.78 is 0. The van der Waals surface area contributed by atoms with Gasteiger partial charge in [-0.15, -0.1) is 0 Å². The first-order valence-electron chi connectivity index (χ1n) is 8.94. The van der Waals surface area contributed by atoms with Crippen molar-refractivity contribution in [2.24, 2.45) is 10.7 Å². The lowest BCUT2D eigenvalue weighted by Crippen LogP contribution is -2.21. The second-order valence-corrected chi connectivity index (χ2v) is 7.87. The predicted molar refractivity (Wildman–Crippen MR) is 123 cm³/mol. The summed E-state index contributed by atoms with van der Waals surface area (Å²) in [5.41, 5.74) is 8.15. The van der Waals surface area contributed by atoms with E-state index in [-0.39, 0.29) is 12.5 Å². The van der Waals surface area contributed by atoms with Gasteiger partial charge in [-0.2, -0.15) is 4.99 Å². The van der Waals surface area contributed by atoms with Crippen LogP contribution in [0.15, 0.2) is 64.6 Å². The molecule has 9 heteroatoms. The number of benzene rings is 2. The van der Waals surface area contributed by atoms with Crippen LogP contribution in [0, 0.1) is 0 Å². The molecular formula is C21H16ClN5O2S. The molecule has 0 aliphatic carbocycles. The number of thioether (sulfide) groups is 1. The first kappa shape index (κ1) is 19.9. The van der Waals surface area contributed by atoms with Crippen molar-refractivity contribution in [2.75, 3.05) is 17.2 Å². The molecule has 0 bridgehead atoms. The number of amides is 2. The lowest BCUT2D eigenvalue weighted by molar-refractivity contribution is -0.116. The number of primary amides is 1. The number of nitrogens with two attached hydrogens (primary N) is 1. The summed E-state index contributed by atoms with van der Waals surface area (Å²) in [7, 11) is 0. The Bertz CT molecular complexity index is 1220. The summed E-state index contributed by atoms with van der Waals surface area (Å²) in [6, 6.07) is 14.8. The first-order valence-corrected chi connectivity index (χ1v) is 10.1. The average Bonchev–Trinajstić information content (AvgIpc) is 3.07. The van der Waals surface area contributed by atoms with Crippen molar-refractivity contribution in [2.45, 2.75) is 0 Å². The SMILES string of the molecule is NC(=O)CNc1ccc(Cl)c(NC2=NC(=O)C(=Cc3ccc4ncccc4c3)S2)c1. The molecule has 4 rings (SSSR count). The highest BCUT2D eigenvalue weighted by Crippen LogP contribution is 2.32. The number of hydrogen-bond donors (Lipinski definition) is 3. The van der Waals surface area contributed by atoms with Gasteiger partial charge in [0.1, 0.15) is 0 Å². The molecule has 2 heterocycles. The van der Waals surface area contributed by atoms with Gasteiger partial charge in [0.05, 0.1) is 27.7 Å². The molecule has 0 unspecified atom stereocenters. The Morgan fingerprint density at radius 3 is 2.90 bits per heavy atom. The van der Waals surface area contributed by atoms with Gasteiger partial charge in [-0.05, 0) is 59.8 Å². The van der Waals surface area contributed by atoms with Crippen LogP contribution in [0.25, 0.3) is 17.0 Å². The minimum Gasteiger partial charge on any atom is -0.376 e. The number of nitrogens with zero attached hydrogens (tertiary/aromatic N) is 2. The van der Waals surface area contributed by atoms with E-state index in [4.69, 9.17) is 17.3 Å². The van der Waals surface area contributed by atoms with Crippen molar-refractivity contribution in [3.8, 4) is 0 Å². The second kappa shape index (κ2) is 8.56. The number of rotatable bonds is 5. The van der Waals surface area contributed by atoms with Gasteiger partial charge in [0.2, 0.25) is 5.91 Å². The zero-order valence-electron chi connectivity index (χ0n) is 15.6. The van der Waals surface area contributed by atoms with E-state index in [1.165, 1.54) is 11.8 Å². The smallest absolute Gasteiger partial charge is 0.286 e. The molecule has 150 valence electrons. The third kappa shape index (κ3) is 4.61. The number of halogens is 1. The molecule has 0 spiro atoms. The third-order valence-corrected chi connectivity index (χ3v) is 5.45. The van der Waals surface area contributed by atoms with Gasteiger partial charge in [0.25, 0.3) is 5.91 Å². The van der Waals surface area contributed by atoms with Gasteiger partial charge >= 0.3 is 0 Å². The second-order valence-electron chi connectivity index (χ2n) is 6.43. The fourth-order valence-electron chi connectivity index (χ4n) is 2.83. The van der Waals surface area contributed by atoms with E-state index < -0.39 is 5.91 Å². The van der Waals surface area contributed by atoms with Gasteiger partial charge in [-0.1, -0.05) is 23.7 Å². The molecule has 7 nitrogen and oxygen atoms in total. The lowest BCUT2D eigenvalue weighted by Gasteiger charge is -2.10. The molecule has 1 aliphatic heterocycles. The highest BCUT2D eigenvalue weighted by atomic mass is 35.5. The van der Waals surface area contributed by atoms with Gasteiger partial charge in [0, 0.05) is 17.3 Å². The summed E-state index contributed by atoms with van der Waals surface area (Å²) >= 11 is 7.47. The Labute approximate surface area is 181 Å². The fourth-order valence-corrected chi connectivity index (χ4v) is 3.82. The average molecular weight is 438 g/mol. The van der Waals surface area contributed by atoms with Crippen LogP contribution in [0.5, 0.6) is 0 Å². The van der Waals surface area contributed by atoms with Crippen molar-refractivity contribution >= 4 is 68.7 Å². The standard InChI is InChI=1S/C21H16ClN5O2S/c22-15-5-4-14(25-11-19(23)28)10-17(15)26-21-27-20(29)18(30-21)9-12-3-6-16-13(8-12)2-1-7-24-16/h1-10,25H,11H2,(H2,23,28)(H,26,27,29). The molecule has 30 heavy (non-hydrogen) atoms. The van der Waals surface area contributed by atoms with Crippen molar-refractivity contribution in [3.63, 3.8) is 0 Å². The monoisotopic (exact) mass is 437 g/mol. The van der Waals surface area contributed by atoms with E-state index in [1.807, 2.05) is 30.3 Å². The van der Waals surface area contributed by atoms with Gasteiger partial charge in [0.15, 0.2) is 5.17 Å². The van der Waals surface area contributed by atoms with E-state index in [0.717, 1.165) is 16.5 Å². The maximum atomic E-state index is 12.3. The number of fused-ring (bicyclic) bond motifs is 1. The Kier molecular flexibility index (Phi) is 5.69. The molecule has 3 aromatic rings. The van der Waals surface area contributed by atoms with E-state index in [2.05, 4.69) is 20.6 Å². The molecule has 0 radical (unpaired) electrons. The topological polar surface area (TPSA) is 109 Å². The van der Waals surface area contributed by atoms with Crippen LogP contribution in [0.1, 0.15) is 5.56 Å². The Morgan fingerprint density at radius 1 is 1.20 bits per heavy atom. The van der Waals surface area contributed by atoms with Crippen LogP contribution in [-0.2, 0) is 9.59 Å². The maximum Gasteiger partial charge on any atom is 0.286 e. The van der Waals surface area contributed by atoms with Crippen LogP contribution in [0.2, 0.25) is 5.02 Å². The molecular weight excluding hydrogens is 422 g/mol. The van der Waals surface area contributed by atoms with E-state index in [0.29, 0.717) is 26.5 Å². The van der Waals surface area contributed by atoms with Crippen LogP contribution in [0.4, 0.5) is 11.4 Å². The number of hydrogen-bond acceptors (Lipinski definition) is 6. The number of aromatic nitrogens is 1. The number of anilines is 2. The zero-order valence-corrected chi connectivity index (χ0v) is 17.1. The minimum absolute atomic E-state index is 0.00339. The van der Waals surface area contributed by atoms with Crippen molar-refractivity contribution < 1.29 is 9.59 Å². The molecule has 0 saturated carbocycles. The maximum absolute atomic E-state index is 12.3. The number of nitrogens with one attached hydrogen (secondary N) is 2. The van der Waals surface area contributed by atoms with Gasteiger partial charge in [-0.3, -0.25) is 14.6 Å². The van der Waals surface area contributed by atoms with Crippen LogP contribution in [-0.4, -0.2) is 28.5 Å². The summed E-state index contributed by atoms with van der Waals surface area (Å²) in [4.78, 5) is 32.2. The molecule has 2 amide bonds. The Morgan fingerprint density at radius 2 is 2.07 bits per heavy atom. The lowest BCUT2D eigenvalue weighted by atomic mass is 10.1. The van der Waals surface area contributed by atoms with Crippen molar-refractivity contribution in [1.29, 1.82) is 0 Å². The fraction of sp³-hybridized carbons (Fsp3) is 0.0476. The molecule has 0 saturated heterocycles. The van der Waals surface area contributed by atoms with Gasteiger partial charge in [-0.25, -0.2) is 0 Å². The van der Waals surface area contributed by atoms with E-state index >= 15 is 0 Å². The molecule has 0 fully saturated rings. The van der Waals surface area contributed by atoms with Gasteiger partial charge < -0.3 is 16.4 Å². The number of amidine groups is 1. The van der Waals surface area contributed by atoms with Crippen LogP contribution >= 0.6 is 23.4 Å². The number of aliphatic imine (C=N–C) groups is 1. The van der Waals surface area contributed by atoms with Crippen molar-refractivity contribution in [3.05, 3.63) is 70.2 Å². The summed E-state index contributed by atoms with van der Waals surface area (Å²) in [6.07, 6.45) is 3.54. The summed E-state index contributed by atoms with van der Waals surface area (Å²) in [6.45, 7) is 0.00339. The third-order valence-electron chi connectivity index (χ3n) is 4.22. The van der Waals surface area contributed by atoms with E-state index in [9.17, 15) is 9.59 Å².